The van der Waals surface area contributed by atoms with Crippen LogP contribution in [-0.2, 0) is 32.9 Å². The van der Waals surface area contributed by atoms with Crippen LogP contribution in [0.3, 0.4) is 0 Å². The van der Waals surface area contributed by atoms with Crippen molar-refractivity contribution in [3.05, 3.63) is 65.2 Å². The van der Waals surface area contributed by atoms with Crippen LogP contribution >= 0.6 is 0 Å². The predicted octanol–water partition coefficient (Wildman–Crippen LogP) is 3.22. The lowest BCUT2D eigenvalue weighted by Crippen LogP contribution is -2.47. The maximum absolute atomic E-state index is 13.4. The van der Waals surface area contributed by atoms with E-state index >= 15 is 0 Å². The molecule has 2 fully saturated rings. The summed E-state index contributed by atoms with van der Waals surface area (Å²) in [7, 11) is 0. The first-order valence-corrected chi connectivity index (χ1v) is 11.2. The fourth-order valence-corrected chi connectivity index (χ4v) is 4.97. The van der Waals surface area contributed by atoms with Gasteiger partial charge in [0.25, 0.3) is 5.91 Å². The van der Waals surface area contributed by atoms with Crippen LogP contribution in [0.25, 0.3) is 0 Å². The Hall–Kier alpha value is -3.35. The predicted molar refractivity (Wildman–Crippen MR) is 118 cm³/mol. The number of nitrogens with two attached hydrogens (primary N) is 1. The molecule has 5 rings (SSSR count). The number of nitrogens with zero attached hydrogens (tertiary/aromatic N) is 2. The summed E-state index contributed by atoms with van der Waals surface area (Å²) < 4.78 is 5.65. The minimum Gasteiger partial charge on any atom is -0.427 e. The van der Waals surface area contributed by atoms with Crippen molar-refractivity contribution in [3.63, 3.8) is 0 Å². The van der Waals surface area contributed by atoms with E-state index in [4.69, 9.17) is 10.5 Å². The number of rotatable bonds is 6. The van der Waals surface area contributed by atoms with Crippen LogP contribution in [0.2, 0.25) is 0 Å². The summed E-state index contributed by atoms with van der Waals surface area (Å²) in [4.78, 5) is 42.3. The van der Waals surface area contributed by atoms with E-state index in [1.54, 1.807) is 17.0 Å². The molecule has 166 valence electrons. The number of benzene rings is 2. The van der Waals surface area contributed by atoms with Gasteiger partial charge in [0, 0.05) is 30.3 Å². The molecule has 1 saturated carbocycles. The SMILES string of the molecule is CC(C1CC1)N(Cc1ccccc1)C(=O)CN1C(=O)OC2(CCc3cc(N)ccc32)C1=O. The Morgan fingerprint density at radius 2 is 1.97 bits per heavy atom. The molecule has 0 aromatic heterocycles. The maximum atomic E-state index is 13.4. The standard InChI is InChI=1S/C25H27N3O4/c1-16(18-7-8-18)27(14-17-5-3-2-4-6-17)22(29)15-28-23(30)25(32-24(28)31)12-11-19-13-20(26)9-10-21(19)25/h2-6,9-10,13,16,18H,7-8,11-12,14-15,26H2,1H3. The quantitative estimate of drug-likeness (QED) is 0.706. The summed E-state index contributed by atoms with van der Waals surface area (Å²) >= 11 is 0. The molecule has 1 saturated heterocycles. The molecule has 3 aliphatic rings. The van der Waals surface area contributed by atoms with Crippen molar-refractivity contribution in [2.24, 2.45) is 5.92 Å². The molecule has 1 spiro atoms. The average molecular weight is 434 g/mol. The first kappa shape index (κ1) is 20.5. The van der Waals surface area contributed by atoms with Crippen molar-refractivity contribution >= 4 is 23.6 Å². The van der Waals surface area contributed by atoms with Crippen molar-refractivity contribution in [2.75, 3.05) is 12.3 Å². The van der Waals surface area contributed by atoms with Crippen LogP contribution in [0.15, 0.2) is 48.5 Å². The smallest absolute Gasteiger partial charge is 0.418 e. The van der Waals surface area contributed by atoms with Crippen LogP contribution in [0, 0.1) is 5.92 Å². The van der Waals surface area contributed by atoms with Gasteiger partial charge in [-0.2, -0.15) is 0 Å². The number of aryl methyl sites for hydroxylation is 1. The zero-order valence-electron chi connectivity index (χ0n) is 18.1. The highest BCUT2D eigenvalue weighted by molar-refractivity contribution is 6.06. The first-order chi connectivity index (χ1) is 15.4. The number of ether oxygens (including phenoxy) is 1. The van der Waals surface area contributed by atoms with Crippen molar-refractivity contribution in [1.29, 1.82) is 0 Å². The molecule has 0 radical (unpaired) electrons. The van der Waals surface area contributed by atoms with Crippen LogP contribution in [0.5, 0.6) is 0 Å². The molecule has 2 atom stereocenters. The Bertz CT molecular complexity index is 1080. The number of nitrogen functional groups attached to an aromatic ring is 1. The number of imide groups is 1. The van der Waals surface area contributed by atoms with Gasteiger partial charge in [-0.25, -0.2) is 9.69 Å². The molecule has 7 nitrogen and oxygen atoms in total. The molecule has 32 heavy (non-hydrogen) atoms. The summed E-state index contributed by atoms with van der Waals surface area (Å²) in [6, 6.07) is 15.1. The largest absolute Gasteiger partial charge is 0.427 e. The normalized spacial score (nSPS) is 22.7. The van der Waals surface area contributed by atoms with E-state index in [9.17, 15) is 14.4 Å². The van der Waals surface area contributed by atoms with Crippen molar-refractivity contribution in [3.8, 4) is 0 Å². The highest BCUT2D eigenvalue weighted by Crippen LogP contribution is 2.46. The molecule has 1 heterocycles. The third-order valence-electron chi connectivity index (χ3n) is 6.99. The Kier molecular flexibility index (Phi) is 4.92. The lowest BCUT2D eigenvalue weighted by atomic mass is 9.94. The number of hydrogen-bond donors (Lipinski definition) is 1. The topological polar surface area (TPSA) is 92.9 Å². The summed E-state index contributed by atoms with van der Waals surface area (Å²) in [6.07, 6.45) is 2.39. The van der Waals surface area contributed by atoms with Gasteiger partial charge < -0.3 is 15.4 Å². The van der Waals surface area contributed by atoms with E-state index in [1.165, 1.54) is 0 Å². The van der Waals surface area contributed by atoms with Gasteiger partial charge in [-0.1, -0.05) is 36.4 Å². The second kappa shape index (κ2) is 7.65. The van der Waals surface area contributed by atoms with E-state index < -0.39 is 17.6 Å². The molecular weight excluding hydrogens is 406 g/mol. The van der Waals surface area contributed by atoms with Gasteiger partial charge in [0.1, 0.15) is 6.54 Å². The van der Waals surface area contributed by atoms with Gasteiger partial charge in [-0.05, 0) is 55.4 Å². The highest BCUT2D eigenvalue weighted by atomic mass is 16.6. The molecule has 2 aliphatic carbocycles. The summed E-state index contributed by atoms with van der Waals surface area (Å²) in [5.41, 5.74) is 7.74. The number of fused-ring (bicyclic) bond motifs is 2. The Labute approximate surface area is 187 Å². The minimum absolute atomic E-state index is 0.0422. The molecule has 2 N–H and O–H groups in total. The van der Waals surface area contributed by atoms with Gasteiger partial charge >= 0.3 is 6.09 Å². The van der Waals surface area contributed by atoms with Gasteiger partial charge in [0.05, 0.1) is 0 Å². The number of hydrogen-bond acceptors (Lipinski definition) is 5. The first-order valence-electron chi connectivity index (χ1n) is 11.2. The third-order valence-corrected chi connectivity index (χ3v) is 6.99. The summed E-state index contributed by atoms with van der Waals surface area (Å²) in [6.45, 7) is 2.18. The number of anilines is 1. The van der Waals surface area contributed by atoms with Crippen LogP contribution in [-0.4, -0.2) is 40.3 Å². The van der Waals surface area contributed by atoms with E-state index in [0.717, 1.165) is 28.9 Å². The summed E-state index contributed by atoms with van der Waals surface area (Å²) in [5, 5.41) is 0. The van der Waals surface area contributed by atoms with E-state index in [0.29, 0.717) is 36.6 Å². The average Bonchev–Trinajstić information content (AvgIpc) is 3.54. The number of carbonyl (C=O) groups is 3. The lowest BCUT2D eigenvalue weighted by molar-refractivity contribution is -0.143. The monoisotopic (exact) mass is 433 g/mol. The molecule has 0 bridgehead atoms. The Morgan fingerprint density at radius 1 is 1.22 bits per heavy atom. The molecule has 7 heteroatoms. The molecule has 2 aromatic carbocycles. The Morgan fingerprint density at radius 3 is 2.69 bits per heavy atom. The number of carbonyl (C=O) groups excluding carboxylic acids is 3. The van der Waals surface area contributed by atoms with Gasteiger partial charge in [-0.15, -0.1) is 0 Å². The van der Waals surface area contributed by atoms with Crippen molar-refractivity contribution in [2.45, 2.75) is 50.8 Å². The number of amides is 3. The van der Waals surface area contributed by atoms with Gasteiger partial charge in [0.15, 0.2) is 0 Å². The summed E-state index contributed by atoms with van der Waals surface area (Å²) in [5.74, 6) is -0.244. The minimum atomic E-state index is -1.34. The highest BCUT2D eigenvalue weighted by Gasteiger charge is 2.58. The van der Waals surface area contributed by atoms with Crippen molar-refractivity contribution in [1.82, 2.24) is 9.80 Å². The lowest BCUT2D eigenvalue weighted by Gasteiger charge is -2.30. The van der Waals surface area contributed by atoms with Gasteiger partial charge in [-0.3, -0.25) is 9.59 Å². The van der Waals surface area contributed by atoms with Crippen LogP contribution < -0.4 is 5.73 Å². The molecule has 2 unspecified atom stereocenters. The van der Waals surface area contributed by atoms with Crippen LogP contribution in [0.4, 0.5) is 10.5 Å². The van der Waals surface area contributed by atoms with E-state index in [1.807, 2.05) is 43.3 Å². The van der Waals surface area contributed by atoms with E-state index in [-0.39, 0.29) is 18.5 Å². The zero-order chi connectivity index (χ0) is 22.5. The fourth-order valence-electron chi connectivity index (χ4n) is 4.97. The zero-order valence-corrected chi connectivity index (χ0v) is 18.1. The third kappa shape index (κ3) is 3.42. The fraction of sp³-hybridized carbons (Fsp3) is 0.400. The molecule has 3 amide bonds. The second-order valence-corrected chi connectivity index (χ2v) is 9.09. The molecule has 1 aliphatic heterocycles. The molecule has 2 aromatic rings. The Balaban J connectivity index is 1.37. The molecular formula is C25H27N3O4. The van der Waals surface area contributed by atoms with Gasteiger partial charge in [0.2, 0.25) is 11.5 Å². The van der Waals surface area contributed by atoms with Crippen LogP contribution in [0.1, 0.15) is 42.9 Å². The van der Waals surface area contributed by atoms with E-state index in [2.05, 4.69) is 0 Å². The maximum Gasteiger partial charge on any atom is 0.418 e. The second-order valence-electron chi connectivity index (χ2n) is 9.09. The van der Waals surface area contributed by atoms with Crippen molar-refractivity contribution < 1.29 is 19.1 Å².